The van der Waals surface area contributed by atoms with Crippen LogP contribution >= 0.6 is 0 Å². The van der Waals surface area contributed by atoms with E-state index in [1.807, 2.05) is 36.4 Å². The summed E-state index contributed by atoms with van der Waals surface area (Å²) in [4.78, 5) is 11.9. The van der Waals surface area contributed by atoms with Crippen LogP contribution in [0, 0.1) is 6.92 Å². The second-order valence-electron chi connectivity index (χ2n) is 10.9. The van der Waals surface area contributed by atoms with E-state index in [-0.39, 0.29) is 0 Å². The van der Waals surface area contributed by atoms with E-state index in [0.717, 1.165) is 57.7 Å². The molecule has 0 unspecified atom stereocenters. The molecular weight excluding hydrogens is 498 g/mol. The molecule has 40 heavy (non-hydrogen) atoms. The van der Waals surface area contributed by atoms with E-state index in [1.54, 1.807) is 13.2 Å². The summed E-state index contributed by atoms with van der Waals surface area (Å²) < 4.78 is 14.1. The number of carboxylic acid groups (broad SMARTS) is 1. The lowest BCUT2D eigenvalue weighted by atomic mass is 9.81. The minimum Gasteiger partial charge on any atom is -0.497 e. The number of benzene rings is 3. The summed E-state index contributed by atoms with van der Waals surface area (Å²) in [5.41, 5.74) is 9.03. The van der Waals surface area contributed by atoms with Crippen LogP contribution in [-0.2, 0) is 6.54 Å². The third-order valence-electron chi connectivity index (χ3n) is 8.51. The first-order chi connectivity index (χ1) is 19.5. The van der Waals surface area contributed by atoms with Crippen molar-refractivity contribution in [1.82, 2.24) is 4.57 Å². The van der Waals surface area contributed by atoms with Crippen LogP contribution in [0.1, 0.15) is 70.6 Å². The number of aromatic nitrogens is 1. The highest BCUT2D eigenvalue weighted by atomic mass is 16.5. The number of allylic oxidation sites excluding steroid dienone is 2. The lowest BCUT2D eigenvalue weighted by Gasteiger charge is -2.24. The van der Waals surface area contributed by atoms with Gasteiger partial charge in [-0.3, -0.25) is 0 Å². The molecule has 0 bridgehead atoms. The Balaban J connectivity index is 1.50. The minimum absolute atomic E-state index is 0.318. The second-order valence-corrected chi connectivity index (χ2v) is 10.9. The third-order valence-corrected chi connectivity index (χ3v) is 8.51. The minimum atomic E-state index is -0.901. The number of methoxy groups -OCH3 is 1. The maximum absolute atomic E-state index is 11.9. The average molecular weight is 534 g/mol. The van der Waals surface area contributed by atoms with Crippen LogP contribution in [0.25, 0.3) is 33.8 Å². The Morgan fingerprint density at radius 2 is 1.80 bits per heavy atom. The van der Waals surface area contributed by atoms with Gasteiger partial charge in [0.2, 0.25) is 0 Å². The molecule has 0 amide bonds. The van der Waals surface area contributed by atoms with E-state index in [2.05, 4.69) is 42.4 Å². The summed E-state index contributed by atoms with van der Waals surface area (Å²) in [6.45, 7) is 7.58. The van der Waals surface area contributed by atoms with Crippen molar-refractivity contribution in [2.45, 2.75) is 51.5 Å². The number of hydrogen-bond acceptors (Lipinski definition) is 3. The van der Waals surface area contributed by atoms with Crippen LogP contribution in [0.2, 0.25) is 0 Å². The van der Waals surface area contributed by atoms with Crippen LogP contribution < -0.4 is 9.47 Å². The van der Waals surface area contributed by atoms with E-state index >= 15 is 0 Å². The highest BCUT2D eigenvalue weighted by Crippen LogP contribution is 2.48. The van der Waals surface area contributed by atoms with Crippen molar-refractivity contribution in [3.63, 3.8) is 0 Å². The van der Waals surface area contributed by atoms with E-state index in [9.17, 15) is 9.90 Å². The average Bonchev–Trinajstić information content (AvgIpc) is 3.17. The molecule has 1 N–H and O–H groups in total. The lowest BCUT2D eigenvalue weighted by Crippen LogP contribution is -2.07. The number of rotatable bonds is 6. The Hall–Kier alpha value is -4.25. The summed E-state index contributed by atoms with van der Waals surface area (Å²) in [5.74, 6) is 1.25. The van der Waals surface area contributed by atoms with Gasteiger partial charge in [0.25, 0.3) is 0 Å². The lowest BCUT2D eigenvalue weighted by molar-refractivity contribution is 0.0697. The summed E-state index contributed by atoms with van der Waals surface area (Å²) in [5, 5.41) is 10.9. The van der Waals surface area contributed by atoms with E-state index < -0.39 is 5.97 Å². The van der Waals surface area contributed by atoms with E-state index in [4.69, 9.17) is 9.47 Å². The van der Waals surface area contributed by atoms with Gasteiger partial charge >= 0.3 is 5.97 Å². The highest BCUT2D eigenvalue weighted by molar-refractivity contribution is 5.99. The molecule has 1 saturated carbocycles. The largest absolute Gasteiger partial charge is 0.497 e. The smallest absolute Gasteiger partial charge is 0.335 e. The zero-order valence-electron chi connectivity index (χ0n) is 23.2. The van der Waals surface area contributed by atoms with Gasteiger partial charge in [-0.15, -0.1) is 0 Å². The van der Waals surface area contributed by atoms with Gasteiger partial charge in [-0.1, -0.05) is 62.3 Å². The zero-order valence-corrected chi connectivity index (χ0v) is 23.2. The van der Waals surface area contributed by atoms with Crippen molar-refractivity contribution < 1.29 is 19.4 Å². The molecule has 1 fully saturated rings. The third kappa shape index (κ3) is 4.60. The first-order valence-electron chi connectivity index (χ1n) is 14.1. The molecule has 1 aliphatic heterocycles. The van der Waals surface area contributed by atoms with Crippen LogP contribution in [0.5, 0.6) is 11.5 Å². The number of hydrogen-bond donors (Lipinski definition) is 1. The van der Waals surface area contributed by atoms with Crippen LogP contribution in [0.4, 0.5) is 0 Å². The standard InChI is InChI=1S/C35H35NO4/c1-22(24-11-14-27(39-3)15-12-24)9-16-28-23(2)10-17-30-33-32(25-7-5-4-6-8-25)29-18-13-26(35(37)38)21-31(29)36(33)19-20-40-34(28)30/h9-18,21,25H,1,4-8,19-20H2,2-3H3,(H,37,38)/b16-9-. The quantitative estimate of drug-likeness (QED) is 0.253. The zero-order chi connectivity index (χ0) is 27.8. The maximum Gasteiger partial charge on any atom is 0.335 e. The van der Waals surface area contributed by atoms with Crippen molar-refractivity contribution >= 4 is 28.5 Å². The molecule has 3 aromatic carbocycles. The topological polar surface area (TPSA) is 60.7 Å². The molecule has 2 aliphatic rings. The number of carboxylic acids is 1. The predicted octanol–water partition coefficient (Wildman–Crippen LogP) is 8.49. The molecule has 2 heterocycles. The van der Waals surface area contributed by atoms with Crippen molar-refractivity contribution in [3.8, 4) is 22.8 Å². The molecule has 5 heteroatoms. The molecule has 0 atom stereocenters. The molecule has 4 aromatic rings. The van der Waals surface area contributed by atoms with Crippen molar-refractivity contribution in [2.24, 2.45) is 0 Å². The van der Waals surface area contributed by atoms with Crippen molar-refractivity contribution in [2.75, 3.05) is 13.7 Å². The van der Waals surface area contributed by atoms with E-state index in [1.165, 1.54) is 35.9 Å². The van der Waals surface area contributed by atoms with Gasteiger partial charge in [0, 0.05) is 22.0 Å². The molecule has 1 aliphatic carbocycles. The number of carbonyl (C=O) groups is 1. The summed E-state index contributed by atoms with van der Waals surface area (Å²) in [6.07, 6.45) is 10.2. The Morgan fingerprint density at radius 1 is 1.05 bits per heavy atom. The number of aromatic carboxylic acids is 1. The summed E-state index contributed by atoms with van der Waals surface area (Å²) >= 11 is 0. The fourth-order valence-electron chi connectivity index (χ4n) is 6.41. The van der Waals surface area contributed by atoms with Crippen molar-refractivity contribution in [3.05, 3.63) is 95.1 Å². The fourth-order valence-corrected chi connectivity index (χ4v) is 6.41. The van der Waals surface area contributed by atoms with Gasteiger partial charge in [-0.05, 0) is 78.3 Å². The first kappa shape index (κ1) is 26.0. The Morgan fingerprint density at radius 3 is 2.52 bits per heavy atom. The molecule has 204 valence electrons. The molecule has 0 radical (unpaired) electrons. The molecule has 5 nitrogen and oxygen atoms in total. The van der Waals surface area contributed by atoms with Gasteiger partial charge in [-0.2, -0.15) is 0 Å². The van der Waals surface area contributed by atoms with Gasteiger partial charge in [0.15, 0.2) is 0 Å². The number of fused-ring (bicyclic) bond motifs is 5. The number of aryl methyl sites for hydroxylation is 1. The molecule has 6 rings (SSSR count). The summed E-state index contributed by atoms with van der Waals surface area (Å²) in [7, 11) is 1.66. The van der Waals surface area contributed by atoms with Crippen LogP contribution in [0.15, 0.2) is 67.3 Å². The van der Waals surface area contributed by atoms with Gasteiger partial charge in [-0.25, -0.2) is 4.79 Å². The maximum atomic E-state index is 11.9. The molecule has 1 aromatic heterocycles. The Bertz CT molecular complexity index is 1630. The normalized spacial score (nSPS) is 15.3. The summed E-state index contributed by atoms with van der Waals surface area (Å²) in [6, 6.07) is 17.9. The van der Waals surface area contributed by atoms with Gasteiger partial charge < -0.3 is 19.1 Å². The number of nitrogens with zero attached hydrogens (tertiary/aromatic N) is 1. The van der Waals surface area contributed by atoms with Gasteiger partial charge in [0.05, 0.1) is 24.9 Å². The fraction of sp³-hybridized carbons (Fsp3) is 0.286. The molecule has 0 saturated heterocycles. The van der Waals surface area contributed by atoms with Crippen LogP contribution in [0.3, 0.4) is 0 Å². The van der Waals surface area contributed by atoms with Crippen LogP contribution in [-0.4, -0.2) is 29.4 Å². The Labute approximate surface area is 235 Å². The van der Waals surface area contributed by atoms with E-state index in [0.29, 0.717) is 24.6 Å². The SMILES string of the molecule is C=C(/C=C\c1c(C)ccc2c1OCCn1c-2c(C2CCCCC2)c2ccc(C(=O)O)cc21)c1ccc(OC)cc1. The second kappa shape index (κ2) is 10.7. The monoisotopic (exact) mass is 533 g/mol. The number of ether oxygens (including phenoxy) is 2. The highest BCUT2D eigenvalue weighted by Gasteiger charge is 2.30. The first-order valence-corrected chi connectivity index (χ1v) is 14.1. The Kier molecular flexibility index (Phi) is 6.97. The molecular formula is C35H35NO4. The molecule has 0 spiro atoms. The predicted molar refractivity (Wildman–Crippen MR) is 161 cm³/mol. The van der Waals surface area contributed by atoms with Crippen molar-refractivity contribution in [1.29, 1.82) is 0 Å². The van der Waals surface area contributed by atoms with Gasteiger partial charge in [0.1, 0.15) is 18.1 Å².